The maximum absolute atomic E-state index is 10.5. The van der Waals surface area contributed by atoms with E-state index in [1.807, 2.05) is 49.4 Å². The average molecular weight is 270 g/mol. The molecule has 0 spiro atoms. The molecule has 0 aromatic heterocycles. The molecular weight excluding hydrogens is 252 g/mol. The van der Waals surface area contributed by atoms with E-state index in [-0.39, 0.29) is 0 Å². The molecule has 104 valence electrons. The van der Waals surface area contributed by atoms with E-state index >= 15 is 0 Å². The summed E-state index contributed by atoms with van der Waals surface area (Å²) in [5.41, 5.74) is 4.12. The smallest absolute Gasteiger partial charge is 0.119 e. The lowest BCUT2D eigenvalue weighted by Crippen LogP contribution is -2.01. The van der Waals surface area contributed by atoms with Crippen LogP contribution in [0.15, 0.2) is 42.5 Å². The van der Waals surface area contributed by atoms with Crippen molar-refractivity contribution in [3.05, 3.63) is 64.7 Å². The van der Waals surface area contributed by atoms with E-state index in [1.165, 1.54) is 11.1 Å². The third-order valence-electron chi connectivity index (χ3n) is 3.55. The highest BCUT2D eigenvalue weighted by Gasteiger charge is 2.16. The molecule has 0 amide bonds. The van der Waals surface area contributed by atoms with Crippen molar-refractivity contribution in [2.24, 2.45) is 0 Å². The van der Waals surface area contributed by atoms with Gasteiger partial charge in [0.2, 0.25) is 0 Å². The Bertz CT molecular complexity index is 607. The molecular formula is C17H18O3. The number of hydrogen-bond acceptors (Lipinski definition) is 3. The minimum atomic E-state index is -0.638. The second kappa shape index (κ2) is 5.65. The summed E-state index contributed by atoms with van der Waals surface area (Å²) in [6, 6.07) is 13.6. The van der Waals surface area contributed by atoms with E-state index in [4.69, 9.17) is 9.47 Å². The first-order valence-electron chi connectivity index (χ1n) is 6.88. The van der Waals surface area contributed by atoms with E-state index < -0.39 is 6.10 Å². The fourth-order valence-corrected chi connectivity index (χ4v) is 2.50. The van der Waals surface area contributed by atoms with Gasteiger partial charge in [-0.15, -0.1) is 0 Å². The summed E-state index contributed by atoms with van der Waals surface area (Å²) >= 11 is 0. The van der Waals surface area contributed by atoms with Crippen molar-refractivity contribution in [2.75, 3.05) is 6.61 Å². The first kappa shape index (κ1) is 13.2. The number of rotatable bonds is 4. The highest BCUT2D eigenvalue weighted by Crippen LogP contribution is 2.29. The molecule has 0 fully saturated rings. The molecule has 20 heavy (non-hydrogen) atoms. The Morgan fingerprint density at radius 3 is 2.75 bits per heavy atom. The van der Waals surface area contributed by atoms with Gasteiger partial charge in [-0.1, -0.05) is 30.3 Å². The highest BCUT2D eigenvalue weighted by molar-refractivity contribution is 5.39. The van der Waals surface area contributed by atoms with Crippen LogP contribution in [0.1, 0.15) is 35.3 Å². The van der Waals surface area contributed by atoms with Crippen molar-refractivity contribution in [1.82, 2.24) is 0 Å². The monoisotopic (exact) mass is 270 g/mol. The quantitative estimate of drug-likeness (QED) is 0.927. The number of ether oxygens (including phenoxy) is 2. The molecule has 1 aliphatic heterocycles. The Kier molecular flexibility index (Phi) is 3.72. The van der Waals surface area contributed by atoms with Gasteiger partial charge >= 0.3 is 0 Å². The Hall–Kier alpha value is -1.84. The van der Waals surface area contributed by atoms with Crippen LogP contribution in [0, 0.1) is 0 Å². The van der Waals surface area contributed by atoms with Crippen LogP contribution in [0.5, 0.6) is 5.75 Å². The summed E-state index contributed by atoms with van der Waals surface area (Å²) in [5, 5.41) is 10.5. The van der Waals surface area contributed by atoms with E-state index in [2.05, 4.69) is 0 Å². The molecule has 1 aliphatic rings. The molecule has 1 N–H and O–H groups in total. The van der Waals surface area contributed by atoms with Crippen LogP contribution in [0.3, 0.4) is 0 Å². The summed E-state index contributed by atoms with van der Waals surface area (Å²) in [6.45, 7) is 3.87. The second-order valence-corrected chi connectivity index (χ2v) is 4.93. The Morgan fingerprint density at radius 2 is 1.90 bits per heavy atom. The molecule has 0 saturated carbocycles. The minimum absolute atomic E-state index is 0.621. The number of fused-ring (bicyclic) bond motifs is 1. The zero-order chi connectivity index (χ0) is 13.9. The van der Waals surface area contributed by atoms with Crippen molar-refractivity contribution in [1.29, 1.82) is 0 Å². The zero-order valence-corrected chi connectivity index (χ0v) is 11.5. The van der Waals surface area contributed by atoms with Crippen LogP contribution >= 0.6 is 0 Å². The van der Waals surface area contributed by atoms with Crippen molar-refractivity contribution in [2.45, 2.75) is 26.2 Å². The van der Waals surface area contributed by atoms with Crippen molar-refractivity contribution in [3.63, 3.8) is 0 Å². The molecule has 3 nitrogen and oxygen atoms in total. The fourth-order valence-electron chi connectivity index (χ4n) is 2.50. The molecule has 0 radical (unpaired) electrons. The fraction of sp³-hybridized carbons (Fsp3) is 0.294. The van der Waals surface area contributed by atoms with Gasteiger partial charge in [0.05, 0.1) is 19.8 Å². The number of benzene rings is 2. The van der Waals surface area contributed by atoms with Crippen LogP contribution in [0.4, 0.5) is 0 Å². The van der Waals surface area contributed by atoms with Crippen molar-refractivity contribution in [3.8, 4) is 5.75 Å². The number of hydrogen-bond donors (Lipinski definition) is 1. The van der Waals surface area contributed by atoms with Crippen molar-refractivity contribution >= 4 is 0 Å². The molecule has 1 unspecified atom stereocenters. The van der Waals surface area contributed by atoms with Gasteiger partial charge in [-0.2, -0.15) is 0 Å². The SMILES string of the molecule is CCOc1cccc(C(O)c2ccc3c(c2)COC3)c1. The Balaban J connectivity index is 1.88. The topological polar surface area (TPSA) is 38.7 Å². The van der Waals surface area contributed by atoms with Crippen LogP contribution in [-0.2, 0) is 18.0 Å². The van der Waals surface area contributed by atoms with Gasteiger partial charge in [0, 0.05) is 0 Å². The summed E-state index contributed by atoms with van der Waals surface area (Å²) in [5.74, 6) is 0.786. The zero-order valence-electron chi connectivity index (χ0n) is 11.5. The molecule has 0 saturated heterocycles. The molecule has 0 bridgehead atoms. The molecule has 3 heteroatoms. The van der Waals surface area contributed by atoms with Gasteiger partial charge in [0.25, 0.3) is 0 Å². The summed E-state index contributed by atoms with van der Waals surface area (Å²) in [6.07, 6.45) is -0.638. The first-order chi connectivity index (χ1) is 9.78. The Labute approximate surface area is 118 Å². The third kappa shape index (κ3) is 2.55. The predicted octanol–water partition coefficient (Wildman–Crippen LogP) is 3.20. The predicted molar refractivity (Wildman–Crippen MR) is 76.6 cm³/mol. The van der Waals surface area contributed by atoms with Gasteiger partial charge in [0.1, 0.15) is 11.9 Å². The minimum Gasteiger partial charge on any atom is -0.494 e. The molecule has 2 aromatic carbocycles. The lowest BCUT2D eigenvalue weighted by atomic mass is 9.98. The van der Waals surface area contributed by atoms with Gasteiger partial charge in [-0.05, 0) is 41.3 Å². The van der Waals surface area contributed by atoms with Crippen LogP contribution in [0.25, 0.3) is 0 Å². The van der Waals surface area contributed by atoms with Gasteiger partial charge in [0.15, 0.2) is 0 Å². The van der Waals surface area contributed by atoms with Crippen LogP contribution in [-0.4, -0.2) is 11.7 Å². The normalized spacial score (nSPS) is 14.9. The van der Waals surface area contributed by atoms with E-state index in [0.29, 0.717) is 19.8 Å². The molecule has 1 heterocycles. The first-order valence-corrected chi connectivity index (χ1v) is 6.88. The second-order valence-electron chi connectivity index (χ2n) is 4.93. The lowest BCUT2D eigenvalue weighted by molar-refractivity contribution is 0.134. The summed E-state index contributed by atoms with van der Waals surface area (Å²) in [4.78, 5) is 0. The van der Waals surface area contributed by atoms with Gasteiger partial charge in [-0.3, -0.25) is 0 Å². The third-order valence-corrected chi connectivity index (χ3v) is 3.55. The molecule has 3 rings (SSSR count). The summed E-state index contributed by atoms with van der Waals surface area (Å²) in [7, 11) is 0. The maximum Gasteiger partial charge on any atom is 0.119 e. The largest absolute Gasteiger partial charge is 0.494 e. The number of aliphatic hydroxyl groups excluding tert-OH is 1. The van der Waals surface area contributed by atoms with Crippen molar-refractivity contribution < 1.29 is 14.6 Å². The molecule has 1 atom stereocenters. The highest BCUT2D eigenvalue weighted by atomic mass is 16.5. The average Bonchev–Trinajstić information content (AvgIpc) is 2.94. The molecule has 2 aromatic rings. The van der Waals surface area contributed by atoms with E-state index in [1.54, 1.807) is 0 Å². The van der Waals surface area contributed by atoms with Crippen LogP contribution in [0.2, 0.25) is 0 Å². The summed E-state index contributed by atoms with van der Waals surface area (Å²) < 4.78 is 10.9. The molecule has 0 aliphatic carbocycles. The standard InChI is InChI=1S/C17H18O3/c1-2-20-16-5-3-4-12(9-16)17(18)13-6-7-14-10-19-11-15(14)8-13/h3-9,17-18H,2,10-11H2,1H3. The maximum atomic E-state index is 10.5. The van der Waals surface area contributed by atoms with Crippen LogP contribution < -0.4 is 4.74 Å². The van der Waals surface area contributed by atoms with Gasteiger partial charge in [-0.25, -0.2) is 0 Å². The number of aliphatic hydroxyl groups is 1. The Morgan fingerprint density at radius 1 is 1.10 bits per heavy atom. The van der Waals surface area contributed by atoms with E-state index in [9.17, 15) is 5.11 Å². The lowest BCUT2D eigenvalue weighted by Gasteiger charge is -2.14. The van der Waals surface area contributed by atoms with E-state index in [0.717, 1.165) is 16.9 Å². The van der Waals surface area contributed by atoms with Gasteiger partial charge < -0.3 is 14.6 Å².